The number of carboxylic acid groups (broad SMARTS) is 1. The molecule has 1 saturated heterocycles. The number of carbonyl (C=O) groups is 2. The molecule has 0 spiro atoms. The lowest BCUT2D eigenvalue weighted by molar-refractivity contribution is -0.143. The molecule has 8 heteroatoms. The second kappa shape index (κ2) is 5.12. The van der Waals surface area contributed by atoms with Gasteiger partial charge in [0.1, 0.15) is 6.04 Å². The van der Waals surface area contributed by atoms with Crippen molar-refractivity contribution in [1.82, 2.24) is 25.1 Å². The average molecular weight is 279 g/mol. The molecule has 2 amide bonds. The molecule has 3 rings (SSSR count). The Labute approximate surface area is 115 Å². The van der Waals surface area contributed by atoms with Gasteiger partial charge in [0.2, 0.25) is 0 Å². The number of carboxylic acids is 1. The van der Waals surface area contributed by atoms with Gasteiger partial charge in [-0.05, 0) is 0 Å². The van der Waals surface area contributed by atoms with Gasteiger partial charge in [0.15, 0.2) is 0 Å². The number of urea groups is 1. The SMILES string of the molecule is O=C(O)C1Cc2nc[nH]c2CN1C(=O)N1CCNCC1. The minimum Gasteiger partial charge on any atom is -0.480 e. The van der Waals surface area contributed by atoms with Crippen molar-refractivity contribution in [1.29, 1.82) is 0 Å². The van der Waals surface area contributed by atoms with Crippen LogP contribution in [0.15, 0.2) is 6.33 Å². The smallest absolute Gasteiger partial charge is 0.326 e. The minimum atomic E-state index is -0.984. The summed E-state index contributed by atoms with van der Waals surface area (Å²) < 4.78 is 0. The Hall–Kier alpha value is -2.09. The maximum Gasteiger partial charge on any atom is 0.326 e. The summed E-state index contributed by atoms with van der Waals surface area (Å²) in [7, 11) is 0. The zero-order chi connectivity index (χ0) is 14.1. The van der Waals surface area contributed by atoms with Crippen LogP contribution in [0, 0.1) is 0 Å². The van der Waals surface area contributed by atoms with E-state index in [-0.39, 0.29) is 19.0 Å². The van der Waals surface area contributed by atoms with Crippen LogP contribution in [0.3, 0.4) is 0 Å². The maximum atomic E-state index is 12.5. The first-order valence-electron chi connectivity index (χ1n) is 6.67. The standard InChI is InChI=1S/C12H17N5O3/c18-11(19)10-5-8-9(15-7-14-8)6-17(10)12(20)16-3-1-13-2-4-16/h7,10,13H,1-6H2,(H,14,15)(H,18,19). The maximum absolute atomic E-state index is 12.5. The summed E-state index contributed by atoms with van der Waals surface area (Å²) >= 11 is 0. The highest BCUT2D eigenvalue weighted by Gasteiger charge is 2.37. The molecule has 1 atom stereocenters. The molecule has 1 fully saturated rings. The topological polar surface area (TPSA) is 102 Å². The van der Waals surface area contributed by atoms with Crippen LogP contribution in [0.25, 0.3) is 0 Å². The Morgan fingerprint density at radius 2 is 2.10 bits per heavy atom. The van der Waals surface area contributed by atoms with E-state index < -0.39 is 12.0 Å². The number of aliphatic carboxylic acids is 1. The van der Waals surface area contributed by atoms with Crippen molar-refractivity contribution in [3.8, 4) is 0 Å². The quantitative estimate of drug-likeness (QED) is 0.627. The third-order valence-electron chi connectivity index (χ3n) is 3.82. The molecule has 1 aromatic heterocycles. The third kappa shape index (κ3) is 2.22. The molecule has 0 saturated carbocycles. The number of aromatic nitrogens is 2. The summed E-state index contributed by atoms with van der Waals surface area (Å²) in [5.41, 5.74) is 1.56. The number of H-pyrrole nitrogens is 1. The van der Waals surface area contributed by atoms with E-state index in [4.69, 9.17) is 0 Å². The van der Waals surface area contributed by atoms with Gasteiger partial charge in [-0.1, -0.05) is 0 Å². The first-order chi connectivity index (χ1) is 9.66. The number of aromatic amines is 1. The summed E-state index contributed by atoms with van der Waals surface area (Å²) in [5, 5.41) is 12.5. The van der Waals surface area contributed by atoms with E-state index in [9.17, 15) is 14.7 Å². The fourth-order valence-electron chi connectivity index (χ4n) is 2.70. The molecule has 0 aliphatic carbocycles. The number of carbonyl (C=O) groups excluding carboxylic acids is 1. The van der Waals surface area contributed by atoms with Crippen molar-refractivity contribution in [3.05, 3.63) is 17.7 Å². The van der Waals surface area contributed by atoms with E-state index >= 15 is 0 Å². The van der Waals surface area contributed by atoms with Crippen LogP contribution in [0.1, 0.15) is 11.4 Å². The van der Waals surface area contributed by atoms with Gasteiger partial charge in [0.05, 0.1) is 24.3 Å². The molecular weight excluding hydrogens is 262 g/mol. The summed E-state index contributed by atoms with van der Waals surface area (Å²) in [4.78, 5) is 34.2. The molecule has 2 aliphatic rings. The van der Waals surface area contributed by atoms with Crippen LogP contribution in [0.2, 0.25) is 0 Å². The molecule has 20 heavy (non-hydrogen) atoms. The van der Waals surface area contributed by atoms with Crippen LogP contribution in [0.4, 0.5) is 4.79 Å². The number of rotatable bonds is 1. The first-order valence-corrected chi connectivity index (χ1v) is 6.67. The Morgan fingerprint density at radius 1 is 1.35 bits per heavy atom. The van der Waals surface area contributed by atoms with Gasteiger partial charge in [-0.15, -0.1) is 0 Å². The number of hydrogen-bond acceptors (Lipinski definition) is 4. The van der Waals surface area contributed by atoms with Crippen molar-refractivity contribution in [3.63, 3.8) is 0 Å². The molecular formula is C12H17N5O3. The van der Waals surface area contributed by atoms with E-state index in [1.54, 1.807) is 11.2 Å². The molecule has 8 nitrogen and oxygen atoms in total. The molecule has 0 radical (unpaired) electrons. The predicted molar refractivity (Wildman–Crippen MR) is 69.1 cm³/mol. The normalized spacial score (nSPS) is 22.5. The number of piperazine rings is 1. The van der Waals surface area contributed by atoms with Crippen LogP contribution in [-0.4, -0.2) is 69.1 Å². The lowest BCUT2D eigenvalue weighted by Gasteiger charge is -2.37. The van der Waals surface area contributed by atoms with E-state index in [0.29, 0.717) is 13.1 Å². The van der Waals surface area contributed by atoms with E-state index in [2.05, 4.69) is 15.3 Å². The third-order valence-corrected chi connectivity index (χ3v) is 3.82. The predicted octanol–water partition coefficient (Wildman–Crippen LogP) is -0.754. The first kappa shape index (κ1) is 12.9. The summed E-state index contributed by atoms with van der Waals surface area (Å²) in [6, 6.07) is -1.05. The summed E-state index contributed by atoms with van der Waals surface area (Å²) in [6.45, 7) is 2.98. The van der Waals surface area contributed by atoms with Gasteiger partial charge in [0.25, 0.3) is 0 Å². The van der Waals surface area contributed by atoms with E-state index in [1.165, 1.54) is 4.90 Å². The fourth-order valence-corrected chi connectivity index (χ4v) is 2.70. The molecule has 0 bridgehead atoms. The molecule has 0 aromatic carbocycles. The Bertz CT molecular complexity index is 523. The number of nitrogens with one attached hydrogen (secondary N) is 2. The highest BCUT2D eigenvalue weighted by molar-refractivity contribution is 5.83. The van der Waals surface area contributed by atoms with Gasteiger partial charge < -0.3 is 25.2 Å². The van der Waals surface area contributed by atoms with E-state index in [1.807, 2.05) is 0 Å². The highest BCUT2D eigenvalue weighted by Crippen LogP contribution is 2.22. The molecule has 1 unspecified atom stereocenters. The van der Waals surface area contributed by atoms with Gasteiger partial charge in [0, 0.05) is 32.6 Å². The summed E-state index contributed by atoms with van der Waals surface area (Å²) in [5.74, 6) is -0.984. The number of hydrogen-bond donors (Lipinski definition) is 3. The van der Waals surface area contributed by atoms with Crippen molar-refractivity contribution >= 4 is 12.0 Å². The molecule has 108 valence electrons. The zero-order valence-electron chi connectivity index (χ0n) is 11.0. The number of nitrogens with zero attached hydrogens (tertiary/aromatic N) is 3. The highest BCUT2D eigenvalue weighted by atomic mass is 16.4. The van der Waals surface area contributed by atoms with Crippen LogP contribution in [0.5, 0.6) is 0 Å². The molecule has 1 aromatic rings. The van der Waals surface area contributed by atoms with Gasteiger partial charge in [-0.2, -0.15) is 0 Å². The average Bonchev–Trinajstić information content (AvgIpc) is 2.93. The van der Waals surface area contributed by atoms with Gasteiger partial charge in [-0.3, -0.25) is 0 Å². The lowest BCUT2D eigenvalue weighted by Crippen LogP contribution is -2.57. The van der Waals surface area contributed by atoms with Crippen molar-refractivity contribution in [2.75, 3.05) is 26.2 Å². The number of amides is 2. The minimum absolute atomic E-state index is 0.209. The van der Waals surface area contributed by atoms with Crippen LogP contribution >= 0.6 is 0 Å². The summed E-state index contributed by atoms with van der Waals surface area (Å²) in [6.07, 6.45) is 1.80. The zero-order valence-corrected chi connectivity index (χ0v) is 11.0. The number of fused-ring (bicyclic) bond motifs is 1. The Morgan fingerprint density at radius 3 is 2.80 bits per heavy atom. The van der Waals surface area contributed by atoms with Gasteiger partial charge in [-0.25, -0.2) is 14.6 Å². The molecule has 3 heterocycles. The van der Waals surface area contributed by atoms with Crippen molar-refractivity contribution < 1.29 is 14.7 Å². The fraction of sp³-hybridized carbons (Fsp3) is 0.583. The van der Waals surface area contributed by atoms with Gasteiger partial charge >= 0.3 is 12.0 Å². The second-order valence-electron chi connectivity index (χ2n) is 5.03. The second-order valence-corrected chi connectivity index (χ2v) is 5.03. The lowest BCUT2D eigenvalue weighted by atomic mass is 10.0. The Kier molecular flexibility index (Phi) is 3.31. The van der Waals surface area contributed by atoms with Crippen molar-refractivity contribution in [2.45, 2.75) is 19.0 Å². The van der Waals surface area contributed by atoms with Crippen LogP contribution < -0.4 is 5.32 Å². The van der Waals surface area contributed by atoms with Crippen LogP contribution in [-0.2, 0) is 17.8 Å². The van der Waals surface area contributed by atoms with Crippen molar-refractivity contribution in [2.24, 2.45) is 0 Å². The largest absolute Gasteiger partial charge is 0.480 e. The molecule has 2 aliphatic heterocycles. The Balaban J connectivity index is 1.82. The monoisotopic (exact) mass is 279 g/mol. The number of imidazole rings is 1. The molecule has 3 N–H and O–H groups in total. The van der Waals surface area contributed by atoms with E-state index in [0.717, 1.165) is 24.5 Å².